The summed E-state index contributed by atoms with van der Waals surface area (Å²) < 4.78 is 19.9. The van der Waals surface area contributed by atoms with Gasteiger partial charge in [0.15, 0.2) is 0 Å². The maximum atomic E-state index is 13.3. The molecule has 0 amide bonds. The summed E-state index contributed by atoms with van der Waals surface area (Å²) in [6, 6.07) is 11.0. The molecule has 0 saturated carbocycles. The van der Waals surface area contributed by atoms with E-state index in [1.165, 1.54) is 17.7 Å². The Kier molecular flexibility index (Phi) is 4.81. The second-order valence-corrected chi connectivity index (χ2v) is 6.16. The molecule has 3 heteroatoms. The van der Waals surface area contributed by atoms with Crippen molar-refractivity contribution in [2.45, 2.75) is 33.3 Å². The minimum Gasteiger partial charge on any atom is -0.489 e. The fraction of sp³-hybridized carbons (Fsp3) is 0.294. The van der Waals surface area contributed by atoms with Crippen LogP contribution in [0.2, 0.25) is 0 Å². The molecule has 0 heterocycles. The molecule has 0 bridgehead atoms. The lowest BCUT2D eigenvalue weighted by atomic mass is 10.0. The van der Waals surface area contributed by atoms with Crippen LogP contribution < -0.4 is 4.74 Å². The fourth-order valence-electron chi connectivity index (χ4n) is 1.99. The van der Waals surface area contributed by atoms with E-state index in [9.17, 15) is 4.39 Å². The van der Waals surface area contributed by atoms with Crippen LogP contribution in [0.4, 0.5) is 4.39 Å². The van der Waals surface area contributed by atoms with E-state index in [0.717, 1.165) is 21.3 Å². The highest BCUT2D eigenvalue weighted by Crippen LogP contribution is 2.25. The molecule has 106 valence electrons. The van der Waals surface area contributed by atoms with Gasteiger partial charge in [0.05, 0.1) is 0 Å². The monoisotopic (exact) mass is 336 g/mol. The van der Waals surface area contributed by atoms with Crippen LogP contribution in [0.3, 0.4) is 0 Å². The van der Waals surface area contributed by atoms with E-state index >= 15 is 0 Å². The van der Waals surface area contributed by atoms with Crippen molar-refractivity contribution in [1.29, 1.82) is 0 Å². The van der Waals surface area contributed by atoms with E-state index in [1.807, 2.05) is 13.0 Å². The van der Waals surface area contributed by atoms with Crippen molar-refractivity contribution in [3.05, 3.63) is 63.4 Å². The SMILES string of the molecule is Cc1ccc(C(C)C)cc1OCc1cc(F)cc(Br)c1. The number of ether oxygens (including phenoxy) is 1. The second kappa shape index (κ2) is 6.40. The molecule has 0 unspecified atom stereocenters. The first-order valence-corrected chi connectivity index (χ1v) is 7.43. The Morgan fingerprint density at radius 2 is 1.90 bits per heavy atom. The zero-order chi connectivity index (χ0) is 14.7. The van der Waals surface area contributed by atoms with E-state index in [1.54, 1.807) is 0 Å². The minimum absolute atomic E-state index is 0.259. The molecule has 0 aromatic heterocycles. The van der Waals surface area contributed by atoms with Crippen molar-refractivity contribution < 1.29 is 9.13 Å². The van der Waals surface area contributed by atoms with E-state index in [-0.39, 0.29) is 5.82 Å². The zero-order valence-corrected chi connectivity index (χ0v) is 13.5. The van der Waals surface area contributed by atoms with Crippen LogP contribution in [-0.2, 0) is 6.61 Å². The van der Waals surface area contributed by atoms with Crippen molar-refractivity contribution in [2.24, 2.45) is 0 Å². The second-order valence-electron chi connectivity index (χ2n) is 5.25. The van der Waals surface area contributed by atoms with Crippen LogP contribution in [0.1, 0.15) is 36.5 Å². The van der Waals surface area contributed by atoms with Crippen molar-refractivity contribution in [1.82, 2.24) is 0 Å². The van der Waals surface area contributed by atoms with Gasteiger partial charge in [-0.1, -0.05) is 41.9 Å². The summed E-state index contributed by atoms with van der Waals surface area (Å²) in [6.07, 6.45) is 0. The highest BCUT2D eigenvalue weighted by Gasteiger charge is 2.06. The van der Waals surface area contributed by atoms with Crippen LogP contribution in [-0.4, -0.2) is 0 Å². The van der Waals surface area contributed by atoms with Crippen molar-refractivity contribution in [2.75, 3.05) is 0 Å². The molecule has 2 aromatic carbocycles. The van der Waals surface area contributed by atoms with Gasteiger partial charge in [0.1, 0.15) is 18.2 Å². The molecular formula is C17H18BrFO. The topological polar surface area (TPSA) is 9.23 Å². The van der Waals surface area contributed by atoms with Gasteiger partial charge in [0.2, 0.25) is 0 Å². The van der Waals surface area contributed by atoms with E-state index in [4.69, 9.17) is 4.74 Å². The molecule has 0 fully saturated rings. The Labute approximate surface area is 127 Å². The first kappa shape index (κ1) is 15.0. The van der Waals surface area contributed by atoms with Gasteiger partial charge < -0.3 is 4.74 Å². The molecule has 0 N–H and O–H groups in total. The summed E-state index contributed by atoms with van der Waals surface area (Å²) in [5.74, 6) is 1.06. The molecule has 0 atom stereocenters. The normalized spacial score (nSPS) is 10.9. The summed E-state index contributed by atoms with van der Waals surface area (Å²) in [4.78, 5) is 0. The Balaban J connectivity index is 2.16. The van der Waals surface area contributed by atoms with E-state index < -0.39 is 0 Å². The van der Waals surface area contributed by atoms with Gasteiger partial charge in [-0.25, -0.2) is 4.39 Å². The Morgan fingerprint density at radius 3 is 2.55 bits per heavy atom. The Bertz CT molecular complexity index is 588. The third kappa shape index (κ3) is 3.83. The highest BCUT2D eigenvalue weighted by atomic mass is 79.9. The summed E-state index contributed by atoms with van der Waals surface area (Å²) in [6.45, 7) is 6.68. The largest absolute Gasteiger partial charge is 0.489 e. The molecule has 1 nitrogen and oxygen atoms in total. The summed E-state index contributed by atoms with van der Waals surface area (Å²) in [7, 11) is 0. The number of rotatable bonds is 4. The minimum atomic E-state index is -0.259. The average molecular weight is 337 g/mol. The van der Waals surface area contributed by atoms with Gasteiger partial charge in [-0.3, -0.25) is 0 Å². The average Bonchev–Trinajstić information content (AvgIpc) is 2.36. The summed E-state index contributed by atoms with van der Waals surface area (Å²) in [5, 5.41) is 0. The molecule has 2 aromatic rings. The molecule has 0 aliphatic carbocycles. The number of hydrogen-bond donors (Lipinski definition) is 0. The smallest absolute Gasteiger partial charge is 0.124 e. The first-order valence-electron chi connectivity index (χ1n) is 6.64. The third-order valence-electron chi connectivity index (χ3n) is 3.20. The number of benzene rings is 2. The van der Waals surface area contributed by atoms with E-state index in [0.29, 0.717) is 12.5 Å². The van der Waals surface area contributed by atoms with Gasteiger partial charge in [-0.2, -0.15) is 0 Å². The molecule has 2 rings (SSSR count). The van der Waals surface area contributed by atoms with Gasteiger partial charge in [0, 0.05) is 4.47 Å². The van der Waals surface area contributed by atoms with Gasteiger partial charge in [0.25, 0.3) is 0 Å². The molecule has 0 spiro atoms. The van der Waals surface area contributed by atoms with Gasteiger partial charge in [-0.05, 0) is 53.8 Å². The lowest BCUT2D eigenvalue weighted by Crippen LogP contribution is -1.99. The van der Waals surface area contributed by atoms with Crippen LogP contribution in [0.5, 0.6) is 5.75 Å². The summed E-state index contributed by atoms with van der Waals surface area (Å²) in [5.41, 5.74) is 3.14. The molecule has 0 aliphatic rings. The first-order chi connectivity index (χ1) is 9.45. The van der Waals surface area contributed by atoms with E-state index in [2.05, 4.69) is 48.0 Å². The molecule has 20 heavy (non-hydrogen) atoms. The third-order valence-corrected chi connectivity index (χ3v) is 3.65. The quantitative estimate of drug-likeness (QED) is 0.706. The predicted molar refractivity (Wildman–Crippen MR) is 83.7 cm³/mol. The number of aryl methyl sites for hydroxylation is 1. The molecule has 0 radical (unpaired) electrons. The summed E-state index contributed by atoms with van der Waals surface area (Å²) >= 11 is 3.29. The highest BCUT2D eigenvalue weighted by molar-refractivity contribution is 9.10. The lowest BCUT2D eigenvalue weighted by molar-refractivity contribution is 0.303. The van der Waals surface area contributed by atoms with Crippen molar-refractivity contribution >= 4 is 15.9 Å². The Hall–Kier alpha value is -1.35. The molecular weight excluding hydrogens is 319 g/mol. The van der Waals surface area contributed by atoms with Crippen LogP contribution >= 0.6 is 15.9 Å². The molecule has 0 saturated heterocycles. The predicted octanol–water partition coefficient (Wildman–Crippen LogP) is 5.60. The van der Waals surface area contributed by atoms with Crippen molar-refractivity contribution in [3.63, 3.8) is 0 Å². The van der Waals surface area contributed by atoms with Gasteiger partial charge >= 0.3 is 0 Å². The zero-order valence-electron chi connectivity index (χ0n) is 11.9. The van der Waals surface area contributed by atoms with Crippen LogP contribution in [0, 0.1) is 12.7 Å². The number of halogens is 2. The maximum Gasteiger partial charge on any atom is 0.124 e. The maximum absolute atomic E-state index is 13.3. The Morgan fingerprint density at radius 1 is 1.15 bits per heavy atom. The molecule has 0 aliphatic heterocycles. The van der Waals surface area contributed by atoms with Crippen LogP contribution in [0.25, 0.3) is 0 Å². The van der Waals surface area contributed by atoms with Gasteiger partial charge in [-0.15, -0.1) is 0 Å². The van der Waals surface area contributed by atoms with Crippen LogP contribution in [0.15, 0.2) is 40.9 Å². The fourth-order valence-corrected chi connectivity index (χ4v) is 2.50. The van der Waals surface area contributed by atoms with Crippen molar-refractivity contribution in [3.8, 4) is 5.75 Å². The number of hydrogen-bond acceptors (Lipinski definition) is 1. The standard InChI is InChI=1S/C17H18BrFO/c1-11(2)14-5-4-12(3)17(8-14)20-10-13-6-15(18)9-16(19)7-13/h4-9,11H,10H2,1-3H3. The lowest BCUT2D eigenvalue weighted by Gasteiger charge is -2.13.